The van der Waals surface area contributed by atoms with Crippen LogP contribution in [0.2, 0.25) is 5.02 Å². The molecule has 1 saturated carbocycles. The van der Waals surface area contributed by atoms with E-state index in [4.69, 9.17) is 20.9 Å². The number of carbonyl (C=O) groups is 1. The van der Waals surface area contributed by atoms with Crippen LogP contribution >= 0.6 is 11.6 Å². The Balaban J connectivity index is 1.30. The lowest BCUT2D eigenvalue weighted by molar-refractivity contribution is -0.140. The molecule has 6 heteroatoms. The van der Waals surface area contributed by atoms with Crippen LogP contribution < -0.4 is 0 Å². The van der Waals surface area contributed by atoms with E-state index in [0.717, 1.165) is 39.1 Å². The zero-order valence-corrected chi connectivity index (χ0v) is 19.5. The van der Waals surface area contributed by atoms with Crippen molar-refractivity contribution in [2.24, 2.45) is 0 Å². The topological polar surface area (TPSA) is 72.6 Å². The lowest BCUT2D eigenvalue weighted by Crippen LogP contribution is -2.19. The average molecular weight is 474 g/mol. The predicted octanol–water partition coefficient (Wildman–Crippen LogP) is 6.80. The van der Waals surface area contributed by atoms with Gasteiger partial charge in [0.1, 0.15) is 0 Å². The number of rotatable bonds is 8. The Kier molecular flexibility index (Phi) is 5.98. The van der Waals surface area contributed by atoms with Crippen molar-refractivity contribution in [2.45, 2.75) is 38.4 Å². The molecule has 0 atom stereocenters. The number of halogens is 1. The third kappa shape index (κ3) is 4.25. The van der Waals surface area contributed by atoms with Crippen molar-refractivity contribution in [1.29, 1.82) is 0 Å². The second kappa shape index (κ2) is 9.09. The Labute approximate surface area is 202 Å². The van der Waals surface area contributed by atoms with Gasteiger partial charge < -0.3 is 14.4 Å². The van der Waals surface area contributed by atoms with Crippen molar-refractivity contribution in [2.75, 3.05) is 0 Å². The van der Waals surface area contributed by atoms with Gasteiger partial charge in [0.05, 0.1) is 24.3 Å². The molecule has 172 valence electrons. The Morgan fingerprint density at radius 1 is 0.971 bits per heavy atom. The fourth-order valence-corrected chi connectivity index (χ4v) is 4.40. The molecule has 1 aliphatic carbocycles. The van der Waals surface area contributed by atoms with Crippen molar-refractivity contribution in [1.82, 2.24) is 5.16 Å². The van der Waals surface area contributed by atoms with Gasteiger partial charge in [0.25, 0.3) is 0 Å². The second-order valence-corrected chi connectivity index (χ2v) is 9.11. The van der Waals surface area contributed by atoms with E-state index in [9.17, 15) is 9.90 Å². The smallest absolute Gasteiger partial charge is 0.314 e. The van der Waals surface area contributed by atoms with Crippen LogP contribution in [0.5, 0.6) is 0 Å². The highest BCUT2D eigenvalue weighted by molar-refractivity contribution is 6.31. The molecule has 4 aromatic rings. The first-order valence-corrected chi connectivity index (χ1v) is 11.6. The largest absolute Gasteiger partial charge is 0.481 e. The summed E-state index contributed by atoms with van der Waals surface area (Å²) in [6.45, 7) is 2.67. The van der Waals surface area contributed by atoms with E-state index in [1.165, 1.54) is 0 Å². The molecule has 0 saturated heterocycles. The summed E-state index contributed by atoms with van der Waals surface area (Å²) in [6.07, 6.45) is 1.41. The molecule has 5 rings (SSSR count). The molecule has 0 spiro atoms. The quantitative estimate of drug-likeness (QED) is 0.304. The van der Waals surface area contributed by atoms with Gasteiger partial charge >= 0.3 is 5.97 Å². The SMILES string of the molecule is Cc1noc(-c2ccc(-c3ccc(C4(C(=O)O)CC4)cc3)cc2)c1COCc1ccccc1Cl. The molecule has 1 aliphatic rings. The van der Waals surface area contributed by atoms with Crippen molar-refractivity contribution < 1.29 is 19.2 Å². The van der Waals surface area contributed by atoms with Crippen LogP contribution in [0, 0.1) is 6.92 Å². The molecule has 1 aromatic heterocycles. The predicted molar refractivity (Wildman–Crippen MR) is 131 cm³/mol. The van der Waals surface area contributed by atoms with Crippen LogP contribution in [-0.4, -0.2) is 16.2 Å². The third-order valence-corrected chi connectivity index (χ3v) is 6.89. The van der Waals surface area contributed by atoms with Crippen LogP contribution in [0.3, 0.4) is 0 Å². The summed E-state index contributed by atoms with van der Waals surface area (Å²) in [7, 11) is 0. The van der Waals surface area contributed by atoms with Crippen LogP contribution in [0.1, 0.15) is 35.2 Å². The number of carboxylic acid groups (broad SMARTS) is 1. The van der Waals surface area contributed by atoms with E-state index in [0.29, 0.717) is 36.8 Å². The molecular formula is C28H24ClNO4. The summed E-state index contributed by atoms with van der Waals surface area (Å²) in [5, 5.41) is 14.3. The fraction of sp³-hybridized carbons (Fsp3) is 0.214. The molecule has 0 unspecified atom stereocenters. The van der Waals surface area contributed by atoms with Crippen LogP contribution in [0.25, 0.3) is 22.5 Å². The van der Waals surface area contributed by atoms with Crippen LogP contribution in [0.15, 0.2) is 77.3 Å². The standard InChI is InChI=1S/C28H24ClNO4/c1-18-24(17-33-16-22-4-2-3-5-25(22)29)26(34-30-18)21-8-6-19(7-9-21)20-10-12-23(13-11-20)28(14-15-28)27(31)32/h2-13H,14-17H2,1H3,(H,31,32). The zero-order valence-electron chi connectivity index (χ0n) is 18.8. The molecule has 1 fully saturated rings. The van der Waals surface area contributed by atoms with Crippen molar-refractivity contribution >= 4 is 17.6 Å². The molecule has 5 nitrogen and oxygen atoms in total. The second-order valence-electron chi connectivity index (χ2n) is 8.70. The number of nitrogens with zero attached hydrogens (tertiary/aromatic N) is 1. The number of carboxylic acids is 1. The maximum atomic E-state index is 11.6. The number of aryl methyl sites for hydroxylation is 1. The maximum absolute atomic E-state index is 11.6. The van der Waals surface area contributed by atoms with E-state index < -0.39 is 11.4 Å². The number of benzene rings is 3. The normalized spacial score (nSPS) is 14.2. The van der Waals surface area contributed by atoms with Gasteiger partial charge in [0.15, 0.2) is 5.76 Å². The number of ether oxygens (including phenoxy) is 1. The van der Waals surface area contributed by atoms with Crippen molar-refractivity contribution in [3.63, 3.8) is 0 Å². The van der Waals surface area contributed by atoms with Gasteiger partial charge in [-0.25, -0.2) is 0 Å². The molecule has 0 radical (unpaired) electrons. The Morgan fingerprint density at radius 3 is 2.21 bits per heavy atom. The summed E-state index contributed by atoms with van der Waals surface area (Å²) in [5.41, 5.74) is 5.83. The summed E-state index contributed by atoms with van der Waals surface area (Å²) in [4.78, 5) is 11.6. The minimum Gasteiger partial charge on any atom is -0.481 e. The van der Waals surface area contributed by atoms with E-state index in [1.807, 2.05) is 79.7 Å². The summed E-state index contributed by atoms with van der Waals surface area (Å²) >= 11 is 6.22. The lowest BCUT2D eigenvalue weighted by Gasteiger charge is -2.11. The third-order valence-electron chi connectivity index (χ3n) is 6.52. The Morgan fingerprint density at radius 2 is 1.59 bits per heavy atom. The van der Waals surface area contributed by atoms with Crippen molar-refractivity contribution in [3.8, 4) is 22.5 Å². The summed E-state index contributed by atoms with van der Waals surface area (Å²) in [6, 6.07) is 23.5. The van der Waals surface area contributed by atoms with Gasteiger partial charge in [-0.2, -0.15) is 0 Å². The molecule has 1 heterocycles. The van der Waals surface area contributed by atoms with Gasteiger partial charge in [-0.05, 0) is 48.1 Å². The fourth-order valence-electron chi connectivity index (χ4n) is 4.21. The van der Waals surface area contributed by atoms with Gasteiger partial charge in [-0.15, -0.1) is 0 Å². The number of aromatic nitrogens is 1. The lowest BCUT2D eigenvalue weighted by atomic mass is 9.93. The summed E-state index contributed by atoms with van der Waals surface area (Å²) < 4.78 is 11.5. The molecule has 1 N–H and O–H groups in total. The van der Waals surface area contributed by atoms with Crippen LogP contribution in [-0.2, 0) is 28.2 Å². The summed E-state index contributed by atoms with van der Waals surface area (Å²) in [5.74, 6) is -0.0470. The van der Waals surface area contributed by atoms with Gasteiger partial charge in [0, 0.05) is 16.1 Å². The molecule has 0 bridgehead atoms. The zero-order chi connectivity index (χ0) is 23.7. The minimum absolute atomic E-state index is 0.366. The number of hydrogen-bond donors (Lipinski definition) is 1. The highest BCUT2D eigenvalue weighted by Crippen LogP contribution is 2.48. The number of hydrogen-bond acceptors (Lipinski definition) is 4. The maximum Gasteiger partial charge on any atom is 0.314 e. The molecule has 0 amide bonds. The Bertz CT molecular complexity index is 1320. The van der Waals surface area contributed by atoms with E-state index >= 15 is 0 Å². The van der Waals surface area contributed by atoms with Crippen molar-refractivity contribution in [3.05, 3.63) is 100 Å². The molecular weight excluding hydrogens is 450 g/mol. The van der Waals surface area contributed by atoms with E-state index in [1.54, 1.807) is 0 Å². The number of aliphatic carboxylic acids is 1. The first-order valence-electron chi connectivity index (χ1n) is 11.2. The van der Waals surface area contributed by atoms with Gasteiger partial charge in [-0.1, -0.05) is 83.5 Å². The highest BCUT2D eigenvalue weighted by Gasteiger charge is 2.51. The minimum atomic E-state index is -0.737. The Hall–Kier alpha value is -3.41. The van der Waals surface area contributed by atoms with E-state index in [2.05, 4.69) is 5.16 Å². The van der Waals surface area contributed by atoms with Gasteiger partial charge in [-0.3, -0.25) is 4.79 Å². The average Bonchev–Trinajstić information content (AvgIpc) is 3.59. The molecule has 3 aromatic carbocycles. The van der Waals surface area contributed by atoms with Gasteiger partial charge in [0.2, 0.25) is 0 Å². The highest BCUT2D eigenvalue weighted by atomic mass is 35.5. The molecule has 34 heavy (non-hydrogen) atoms. The van der Waals surface area contributed by atoms with E-state index in [-0.39, 0.29) is 0 Å². The monoisotopic (exact) mass is 473 g/mol. The first kappa shape index (κ1) is 22.4. The first-order chi connectivity index (χ1) is 16.5. The van der Waals surface area contributed by atoms with Crippen LogP contribution in [0.4, 0.5) is 0 Å². The molecule has 0 aliphatic heterocycles.